The monoisotopic (exact) mass is 466 g/mol. The Hall–Kier alpha value is -4.18. The zero-order chi connectivity index (χ0) is 24.6. The number of hydrogen-bond acceptors (Lipinski definition) is 3. The Morgan fingerprint density at radius 2 is 1.22 bits per heavy atom. The first-order chi connectivity index (χ1) is 17.5. The molecule has 1 aliphatic rings. The van der Waals surface area contributed by atoms with Crippen molar-refractivity contribution in [3.05, 3.63) is 91.0 Å². The van der Waals surface area contributed by atoms with Crippen molar-refractivity contribution in [1.82, 2.24) is 0 Å². The van der Waals surface area contributed by atoms with Gasteiger partial charge in [-0.15, -0.1) is 0 Å². The minimum absolute atomic E-state index is 0.128. The second-order valence-electron chi connectivity index (χ2n) is 10.2. The first-order valence-electron chi connectivity index (χ1n) is 12.5. The van der Waals surface area contributed by atoms with Gasteiger partial charge in [0.05, 0.1) is 0 Å². The Labute approximate surface area is 211 Å². The fourth-order valence-corrected chi connectivity index (χ4v) is 6.09. The van der Waals surface area contributed by atoms with E-state index in [2.05, 4.69) is 129 Å². The molecule has 3 nitrogen and oxygen atoms in total. The van der Waals surface area contributed by atoms with Crippen LogP contribution in [0.4, 0.5) is 11.4 Å². The van der Waals surface area contributed by atoms with Gasteiger partial charge in [0.15, 0.2) is 0 Å². The van der Waals surface area contributed by atoms with Gasteiger partial charge in [0, 0.05) is 66.5 Å². The molecule has 0 bridgehead atoms. The molecule has 0 N–H and O–H groups in total. The lowest BCUT2D eigenvalue weighted by Crippen LogP contribution is -2.54. The molecule has 174 valence electrons. The quantitative estimate of drug-likeness (QED) is 0.258. The summed E-state index contributed by atoms with van der Waals surface area (Å²) in [6, 6.07) is 33.1. The van der Waals surface area contributed by atoms with Crippen molar-refractivity contribution in [3.8, 4) is 11.5 Å². The summed E-state index contributed by atoms with van der Waals surface area (Å²) in [5.41, 5.74) is 6.19. The molecule has 7 rings (SSSR count). The SMILES string of the molecule is CN(C)c1cc(N(C)C)c2ccc3c4c(cc5ccc1c2c53)B(c1ccccc1)c1ccccc1O4. The molecule has 6 aromatic carbocycles. The van der Waals surface area contributed by atoms with Crippen LogP contribution in [0.25, 0.3) is 32.3 Å². The number of rotatable bonds is 3. The van der Waals surface area contributed by atoms with Crippen LogP contribution < -0.4 is 30.9 Å². The molecular weight excluding hydrogens is 439 g/mol. The van der Waals surface area contributed by atoms with Crippen LogP contribution in [0.15, 0.2) is 91.0 Å². The van der Waals surface area contributed by atoms with Gasteiger partial charge in [-0.2, -0.15) is 0 Å². The van der Waals surface area contributed by atoms with E-state index in [9.17, 15) is 0 Å². The molecule has 1 aliphatic heterocycles. The summed E-state index contributed by atoms with van der Waals surface area (Å²) < 4.78 is 6.72. The highest BCUT2D eigenvalue weighted by Crippen LogP contribution is 2.45. The van der Waals surface area contributed by atoms with Gasteiger partial charge in [0.1, 0.15) is 11.5 Å². The van der Waals surface area contributed by atoms with E-state index in [-0.39, 0.29) is 6.71 Å². The van der Waals surface area contributed by atoms with Crippen LogP contribution in [0, 0.1) is 0 Å². The molecule has 0 unspecified atom stereocenters. The highest BCUT2D eigenvalue weighted by molar-refractivity contribution is 6.97. The normalized spacial score (nSPS) is 12.6. The second kappa shape index (κ2) is 7.66. The summed E-state index contributed by atoms with van der Waals surface area (Å²) in [7, 11) is 8.49. The molecule has 0 aromatic heterocycles. The van der Waals surface area contributed by atoms with Crippen LogP contribution in [-0.2, 0) is 0 Å². The van der Waals surface area contributed by atoms with Crippen molar-refractivity contribution < 1.29 is 4.74 Å². The average Bonchev–Trinajstić information content (AvgIpc) is 2.90. The third-order valence-corrected chi connectivity index (χ3v) is 7.69. The van der Waals surface area contributed by atoms with Gasteiger partial charge >= 0.3 is 0 Å². The molecule has 0 spiro atoms. The van der Waals surface area contributed by atoms with E-state index in [0.717, 1.165) is 11.5 Å². The van der Waals surface area contributed by atoms with Crippen molar-refractivity contribution in [2.24, 2.45) is 0 Å². The topological polar surface area (TPSA) is 15.7 Å². The zero-order valence-corrected chi connectivity index (χ0v) is 21.0. The summed E-state index contributed by atoms with van der Waals surface area (Å²) in [4.78, 5) is 4.43. The zero-order valence-electron chi connectivity index (χ0n) is 21.0. The number of anilines is 2. The molecular formula is C32H27BN2O. The third kappa shape index (κ3) is 2.88. The van der Waals surface area contributed by atoms with Gasteiger partial charge in [-0.3, -0.25) is 0 Å². The molecule has 1 heterocycles. The number of hydrogen-bond donors (Lipinski definition) is 0. The molecule has 4 heteroatoms. The standard InChI is InChI=1S/C32H27BN2O/c1-34(2)27-19-28(35(3)4)23-16-17-24-30-20(14-15-22(27)31(23)30)18-26-32(24)36-29-13-9-8-12-25(29)33(26)21-10-6-5-7-11-21/h5-19H,1-4H3. The highest BCUT2D eigenvalue weighted by Gasteiger charge is 2.34. The summed E-state index contributed by atoms with van der Waals surface area (Å²) in [5, 5.41) is 7.56. The largest absolute Gasteiger partial charge is 0.458 e. The van der Waals surface area contributed by atoms with E-state index in [4.69, 9.17) is 4.74 Å². The lowest BCUT2D eigenvalue weighted by atomic mass is 9.35. The highest BCUT2D eigenvalue weighted by atomic mass is 16.5. The van der Waals surface area contributed by atoms with Crippen LogP contribution in [0.1, 0.15) is 0 Å². The minimum atomic E-state index is 0.128. The number of benzene rings is 6. The van der Waals surface area contributed by atoms with E-state index in [1.54, 1.807) is 0 Å². The summed E-state index contributed by atoms with van der Waals surface area (Å²) in [6.45, 7) is 0.128. The van der Waals surface area contributed by atoms with E-state index in [1.165, 1.54) is 60.1 Å². The molecule has 0 atom stereocenters. The average molecular weight is 466 g/mol. The van der Waals surface area contributed by atoms with Gasteiger partial charge in [-0.05, 0) is 34.5 Å². The van der Waals surface area contributed by atoms with Gasteiger partial charge < -0.3 is 14.5 Å². The minimum Gasteiger partial charge on any atom is -0.458 e. The molecule has 6 aromatic rings. The molecule has 0 fully saturated rings. The Kier molecular flexibility index (Phi) is 4.50. The van der Waals surface area contributed by atoms with Gasteiger partial charge in [-0.25, -0.2) is 0 Å². The molecule has 0 saturated heterocycles. The van der Waals surface area contributed by atoms with Gasteiger partial charge in [0.25, 0.3) is 6.71 Å². The molecule has 0 amide bonds. The van der Waals surface area contributed by atoms with Crippen molar-refractivity contribution in [3.63, 3.8) is 0 Å². The maximum Gasteiger partial charge on any atom is 0.251 e. The number of nitrogens with zero attached hydrogens (tertiary/aromatic N) is 2. The first kappa shape index (κ1) is 21.1. The van der Waals surface area contributed by atoms with E-state index >= 15 is 0 Å². The molecule has 36 heavy (non-hydrogen) atoms. The Morgan fingerprint density at radius 1 is 0.583 bits per heavy atom. The van der Waals surface area contributed by atoms with Gasteiger partial charge in [-0.1, -0.05) is 78.3 Å². The predicted molar refractivity (Wildman–Crippen MR) is 156 cm³/mol. The second-order valence-corrected chi connectivity index (χ2v) is 10.2. The summed E-state index contributed by atoms with van der Waals surface area (Å²) >= 11 is 0. The smallest absolute Gasteiger partial charge is 0.251 e. The Bertz CT molecular complexity index is 1750. The van der Waals surface area contributed by atoms with E-state index in [0.29, 0.717) is 0 Å². The maximum atomic E-state index is 6.72. The van der Waals surface area contributed by atoms with Crippen molar-refractivity contribution >= 4 is 66.8 Å². The summed E-state index contributed by atoms with van der Waals surface area (Å²) in [5.74, 6) is 1.92. The van der Waals surface area contributed by atoms with Crippen LogP contribution in [0.3, 0.4) is 0 Å². The van der Waals surface area contributed by atoms with Crippen molar-refractivity contribution in [2.75, 3.05) is 38.0 Å². The molecule has 0 aliphatic carbocycles. The van der Waals surface area contributed by atoms with Crippen molar-refractivity contribution in [1.29, 1.82) is 0 Å². The fraction of sp³-hybridized carbons (Fsp3) is 0.125. The molecule has 0 radical (unpaired) electrons. The number of para-hydroxylation sites is 1. The Morgan fingerprint density at radius 3 is 1.94 bits per heavy atom. The molecule has 0 saturated carbocycles. The number of ether oxygens (including phenoxy) is 1. The van der Waals surface area contributed by atoms with E-state index in [1.807, 2.05) is 0 Å². The van der Waals surface area contributed by atoms with Gasteiger partial charge in [0.2, 0.25) is 0 Å². The summed E-state index contributed by atoms with van der Waals surface area (Å²) in [6.07, 6.45) is 0. The van der Waals surface area contributed by atoms with E-state index < -0.39 is 0 Å². The first-order valence-corrected chi connectivity index (χ1v) is 12.5. The number of fused-ring (bicyclic) bond motifs is 3. The lowest BCUT2D eigenvalue weighted by Gasteiger charge is -2.29. The van der Waals surface area contributed by atoms with Crippen LogP contribution in [0.2, 0.25) is 0 Å². The maximum absolute atomic E-state index is 6.72. The Balaban J connectivity index is 1.62. The predicted octanol–water partition coefficient (Wildman–Crippen LogP) is 5.34. The third-order valence-electron chi connectivity index (χ3n) is 7.69. The fourth-order valence-electron chi connectivity index (χ4n) is 6.09. The van der Waals surface area contributed by atoms with Crippen LogP contribution in [-0.4, -0.2) is 34.9 Å². The lowest BCUT2D eigenvalue weighted by molar-refractivity contribution is 0.493. The van der Waals surface area contributed by atoms with Crippen molar-refractivity contribution in [2.45, 2.75) is 0 Å². The van der Waals surface area contributed by atoms with Crippen LogP contribution >= 0.6 is 0 Å². The van der Waals surface area contributed by atoms with Crippen LogP contribution in [0.5, 0.6) is 11.5 Å².